The maximum Gasteiger partial charge on any atom is 0.188 e. The van der Waals surface area contributed by atoms with Crippen LogP contribution in [0.25, 0.3) is 0 Å². The Bertz CT molecular complexity index is 487. The number of halogens is 3. The summed E-state index contributed by atoms with van der Waals surface area (Å²) >= 11 is 14.1. The van der Waals surface area contributed by atoms with E-state index in [2.05, 4.69) is 42.2 Å². The number of thiazole rings is 1. The molecule has 6 heteroatoms. The molecule has 2 aromatic rings. The lowest BCUT2D eigenvalue weighted by Gasteiger charge is -2.03. The van der Waals surface area contributed by atoms with Gasteiger partial charge in [0.25, 0.3) is 0 Å². The molecule has 1 N–H and O–H groups in total. The van der Waals surface area contributed by atoms with Crippen LogP contribution in [0.4, 0.5) is 10.8 Å². The Labute approximate surface area is 113 Å². The second-order valence-corrected chi connectivity index (χ2v) is 5.66. The minimum absolute atomic E-state index is 0.677. The van der Waals surface area contributed by atoms with Crippen LogP contribution in [-0.2, 0) is 0 Å². The van der Waals surface area contributed by atoms with Crippen molar-refractivity contribution < 1.29 is 0 Å². The molecule has 0 aliphatic carbocycles. The Morgan fingerprint density at radius 3 is 2.73 bits per heavy atom. The molecule has 0 bridgehead atoms. The van der Waals surface area contributed by atoms with E-state index in [-0.39, 0.29) is 0 Å². The maximum atomic E-state index is 5.97. The first-order valence-electron chi connectivity index (χ1n) is 3.98. The molecule has 1 aromatic heterocycles. The number of benzene rings is 1. The molecule has 0 saturated carbocycles. The average Bonchev–Trinajstić information content (AvgIpc) is 2.58. The van der Waals surface area contributed by atoms with E-state index in [1.54, 1.807) is 0 Å². The summed E-state index contributed by atoms with van der Waals surface area (Å²) in [6.07, 6.45) is 0. The Morgan fingerprint density at radius 1 is 1.33 bits per heavy atom. The molecule has 0 saturated heterocycles. The standard InChI is InChI=1S/C9H5Br2ClN2S/c10-6-2-1-5(3-7(6)12)13-9-14-8(11)4-15-9/h1-4H,(H,13,14). The Balaban J connectivity index is 2.21. The van der Waals surface area contributed by atoms with Crippen LogP contribution >= 0.6 is 54.8 Å². The third-order valence-electron chi connectivity index (χ3n) is 1.65. The third-order valence-corrected chi connectivity index (χ3v) is 4.35. The lowest BCUT2D eigenvalue weighted by molar-refractivity contribution is 1.34. The fraction of sp³-hybridized carbons (Fsp3) is 0. The van der Waals surface area contributed by atoms with Gasteiger partial charge in [0.2, 0.25) is 0 Å². The van der Waals surface area contributed by atoms with Crippen LogP contribution in [-0.4, -0.2) is 4.98 Å². The largest absolute Gasteiger partial charge is 0.331 e. The summed E-state index contributed by atoms with van der Waals surface area (Å²) in [5, 5.41) is 6.59. The van der Waals surface area contributed by atoms with Gasteiger partial charge in [-0.25, -0.2) is 4.98 Å². The van der Waals surface area contributed by atoms with E-state index in [0.29, 0.717) is 5.02 Å². The van der Waals surface area contributed by atoms with Crippen LogP contribution in [0, 0.1) is 0 Å². The van der Waals surface area contributed by atoms with Crippen molar-refractivity contribution >= 4 is 65.6 Å². The average molecular weight is 368 g/mol. The van der Waals surface area contributed by atoms with E-state index in [1.807, 2.05) is 23.6 Å². The minimum Gasteiger partial charge on any atom is -0.331 e. The van der Waals surface area contributed by atoms with E-state index in [9.17, 15) is 0 Å². The number of hydrogen-bond acceptors (Lipinski definition) is 3. The summed E-state index contributed by atoms with van der Waals surface area (Å²) < 4.78 is 1.72. The summed E-state index contributed by atoms with van der Waals surface area (Å²) in [6.45, 7) is 0. The highest BCUT2D eigenvalue weighted by atomic mass is 79.9. The summed E-state index contributed by atoms with van der Waals surface area (Å²) in [5.41, 5.74) is 0.921. The highest BCUT2D eigenvalue weighted by molar-refractivity contribution is 9.10. The first-order chi connectivity index (χ1) is 7.15. The molecule has 0 aliphatic heterocycles. The van der Waals surface area contributed by atoms with Gasteiger partial charge in [-0.05, 0) is 50.1 Å². The predicted molar refractivity (Wildman–Crippen MR) is 72.2 cm³/mol. The summed E-state index contributed by atoms with van der Waals surface area (Å²) in [5.74, 6) is 0. The number of hydrogen-bond donors (Lipinski definition) is 1. The lowest BCUT2D eigenvalue weighted by atomic mass is 10.3. The molecule has 0 fully saturated rings. The molecule has 78 valence electrons. The highest BCUT2D eigenvalue weighted by Gasteiger charge is 2.02. The number of anilines is 2. The zero-order chi connectivity index (χ0) is 10.8. The van der Waals surface area contributed by atoms with Gasteiger partial charge in [0.15, 0.2) is 5.13 Å². The molecule has 2 nitrogen and oxygen atoms in total. The van der Waals surface area contributed by atoms with Crippen molar-refractivity contribution in [3.05, 3.63) is 37.7 Å². The second-order valence-electron chi connectivity index (χ2n) is 2.73. The van der Waals surface area contributed by atoms with Crippen LogP contribution in [0.1, 0.15) is 0 Å². The van der Waals surface area contributed by atoms with Gasteiger partial charge in [-0.3, -0.25) is 0 Å². The zero-order valence-corrected chi connectivity index (χ0v) is 12.0. The first-order valence-corrected chi connectivity index (χ1v) is 6.82. The monoisotopic (exact) mass is 366 g/mol. The number of aromatic nitrogens is 1. The number of rotatable bonds is 2. The van der Waals surface area contributed by atoms with Gasteiger partial charge < -0.3 is 5.32 Å². The van der Waals surface area contributed by atoms with E-state index < -0.39 is 0 Å². The predicted octanol–water partition coefficient (Wildman–Crippen LogP) is 5.07. The van der Waals surface area contributed by atoms with Gasteiger partial charge >= 0.3 is 0 Å². The summed E-state index contributed by atoms with van der Waals surface area (Å²) in [6, 6.07) is 5.68. The smallest absolute Gasteiger partial charge is 0.188 e. The fourth-order valence-electron chi connectivity index (χ4n) is 1.01. The van der Waals surface area contributed by atoms with Crippen LogP contribution in [0.3, 0.4) is 0 Å². The SMILES string of the molecule is Clc1cc(Nc2nc(Br)cs2)ccc1Br. The van der Waals surface area contributed by atoms with Crippen molar-refractivity contribution in [1.29, 1.82) is 0 Å². The molecular formula is C9H5Br2ClN2S. The Hall–Kier alpha value is -0.100. The van der Waals surface area contributed by atoms with Crippen LogP contribution in [0.5, 0.6) is 0 Å². The topological polar surface area (TPSA) is 24.9 Å². The molecule has 0 unspecified atom stereocenters. The van der Waals surface area contributed by atoms with Crippen molar-refractivity contribution in [2.75, 3.05) is 5.32 Å². The highest BCUT2D eigenvalue weighted by Crippen LogP contribution is 2.28. The van der Waals surface area contributed by atoms with Crippen molar-refractivity contribution in [1.82, 2.24) is 4.98 Å². The molecule has 0 radical (unpaired) electrons. The van der Waals surface area contributed by atoms with Crippen LogP contribution in [0.2, 0.25) is 5.02 Å². The van der Waals surface area contributed by atoms with Gasteiger partial charge in [-0.1, -0.05) is 11.6 Å². The van der Waals surface area contributed by atoms with E-state index in [0.717, 1.165) is 19.9 Å². The van der Waals surface area contributed by atoms with E-state index in [4.69, 9.17) is 11.6 Å². The molecule has 0 spiro atoms. The Kier molecular flexibility index (Phi) is 3.66. The molecule has 0 atom stereocenters. The van der Waals surface area contributed by atoms with Crippen LogP contribution in [0.15, 0.2) is 32.7 Å². The normalized spacial score (nSPS) is 10.3. The van der Waals surface area contributed by atoms with E-state index >= 15 is 0 Å². The molecular weight excluding hydrogens is 363 g/mol. The van der Waals surface area contributed by atoms with Crippen LogP contribution < -0.4 is 5.32 Å². The molecule has 1 aromatic carbocycles. The summed E-state index contributed by atoms with van der Waals surface area (Å²) in [4.78, 5) is 4.23. The minimum atomic E-state index is 0.677. The molecule has 2 rings (SSSR count). The van der Waals surface area contributed by atoms with Crippen molar-refractivity contribution in [2.45, 2.75) is 0 Å². The molecule has 0 aliphatic rings. The number of nitrogens with zero attached hydrogens (tertiary/aromatic N) is 1. The van der Waals surface area contributed by atoms with Gasteiger partial charge in [0.1, 0.15) is 4.60 Å². The van der Waals surface area contributed by atoms with E-state index in [1.165, 1.54) is 11.3 Å². The van der Waals surface area contributed by atoms with Crippen molar-refractivity contribution in [2.24, 2.45) is 0 Å². The van der Waals surface area contributed by atoms with Crippen molar-refractivity contribution in [3.63, 3.8) is 0 Å². The quantitative estimate of drug-likeness (QED) is 0.801. The first kappa shape index (κ1) is 11.4. The maximum absolute atomic E-state index is 5.97. The Morgan fingerprint density at radius 2 is 2.13 bits per heavy atom. The molecule has 1 heterocycles. The van der Waals surface area contributed by atoms with Gasteiger partial charge in [0.05, 0.1) is 5.02 Å². The fourth-order valence-corrected chi connectivity index (χ4v) is 2.60. The van der Waals surface area contributed by atoms with Gasteiger partial charge in [-0.15, -0.1) is 11.3 Å². The van der Waals surface area contributed by atoms with Crippen molar-refractivity contribution in [3.8, 4) is 0 Å². The molecule has 15 heavy (non-hydrogen) atoms. The lowest BCUT2D eigenvalue weighted by Crippen LogP contribution is -1.88. The third kappa shape index (κ3) is 2.93. The van der Waals surface area contributed by atoms with Gasteiger partial charge in [-0.2, -0.15) is 0 Å². The second kappa shape index (κ2) is 4.82. The summed E-state index contributed by atoms with van der Waals surface area (Å²) in [7, 11) is 0. The number of nitrogens with one attached hydrogen (secondary N) is 1. The molecule has 0 amide bonds. The zero-order valence-electron chi connectivity index (χ0n) is 7.30. The van der Waals surface area contributed by atoms with Gasteiger partial charge in [0, 0.05) is 15.5 Å².